The van der Waals surface area contributed by atoms with Gasteiger partial charge in [0.05, 0.1) is 0 Å². The lowest BCUT2D eigenvalue weighted by Gasteiger charge is -2.37. The Morgan fingerprint density at radius 2 is 1.94 bits per heavy atom. The molecule has 0 aromatic rings. The molecule has 1 rings (SSSR count). The van der Waals surface area contributed by atoms with E-state index in [1.165, 1.54) is 0 Å². The Morgan fingerprint density at radius 3 is 2.38 bits per heavy atom. The number of halogens is 3. The zero-order chi connectivity index (χ0) is 12.2. The fraction of sp³-hybridized carbons (Fsp3) is 1.00. The normalized spacial score (nSPS) is 31.7. The van der Waals surface area contributed by atoms with Crippen LogP contribution in [0.2, 0.25) is 0 Å². The van der Waals surface area contributed by atoms with Gasteiger partial charge >= 0.3 is 6.18 Å². The maximum absolute atomic E-state index is 12.5. The molecule has 0 unspecified atom stereocenters. The van der Waals surface area contributed by atoms with Crippen molar-refractivity contribution in [3.05, 3.63) is 0 Å². The summed E-state index contributed by atoms with van der Waals surface area (Å²) in [6, 6.07) is 0.120. The van der Waals surface area contributed by atoms with Crippen LogP contribution in [-0.4, -0.2) is 41.5 Å². The van der Waals surface area contributed by atoms with Gasteiger partial charge in [-0.1, -0.05) is 0 Å². The van der Waals surface area contributed by atoms with E-state index in [0.717, 1.165) is 12.3 Å². The molecule has 0 aromatic carbocycles. The Labute approximate surface area is 98.0 Å². The second kappa shape index (κ2) is 5.60. The van der Waals surface area contributed by atoms with Crippen molar-refractivity contribution >= 4 is 11.8 Å². The van der Waals surface area contributed by atoms with Crippen molar-refractivity contribution in [1.29, 1.82) is 0 Å². The molecule has 1 aliphatic rings. The minimum absolute atomic E-state index is 0.120. The fourth-order valence-electron chi connectivity index (χ4n) is 1.95. The van der Waals surface area contributed by atoms with Crippen molar-refractivity contribution < 1.29 is 18.3 Å². The Kier molecular flexibility index (Phi) is 4.94. The molecule has 0 heterocycles. The van der Waals surface area contributed by atoms with Crippen LogP contribution in [0.3, 0.4) is 0 Å². The number of hydrogen-bond acceptors (Lipinski definition) is 3. The van der Waals surface area contributed by atoms with Gasteiger partial charge in [-0.25, -0.2) is 0 Å². The van der Waals surface area contributed by atoms with Gasteiger partial charge in [0, 0.05) is 18.3 Å². The number of rotatable bonds is 4. The zero-order valence-electron chi connectivity index (χ0n) is 9.31. The molecule has 2 nitrogen and oxygen atoms in total. The van der Waals surface area contributed by atoms with Crippen LogP contribution >= 0.6 is 11.8 Å². The van der Waals surface area contributed by atoms with Crippen LogP contribution in [0.15, 0.2) is 0 Å². The predicted octanol–water partition coefficient (Wildman–Crippen LogP) is 2.17. The third kappa shape index (κ3) is 3.53. The monoisotopic (exact) mass is 257 g/mol. The highest BCUT2D eigenvalue weighted by Gasteiger charge is 2.54. The minimum atomic E-state index is -4.49. The van der Waals surface area contributed by atoms with Gasteiger partial charge in [-0.2, -0.15) is 24.9 Å². The first-order valence-corrected chi connectivity index (χ1v) is 6.80. The highest BCUT2D eigenvalue weighted by atomic mass is 32.2. The summed E-state index contributed by atoms with van der Waals surface area (Å²) >= 11 is 1.70. The first kappa shape index (κ1) is 14.1. The van der Waals surface area contributed by atoms with Gasteiger partial charge in [0.15, 0.2) is 5.60 Å². The van der Waals surface area contributed by atoms with Crippen LogP contribution in [0.4, 0.5) is 13.2 Å². The molecule has 0 saturated heterocycles. The van der Waals surface area contributed by atoms with Crippen molar-refractivity contribution in [3.8, 4) is 0 Å². The van der Waals surface area contributed by atoms with Gasteiger partial charge in [-0.05, 0) is 31.9 Å². The molecule has 96 valence electrons. The largest absolute Gasteiger partial charge is 0.417 e. The number of hydrogen-bond donors (Lipinski definition) is 2. The van der Waals surface area contributed by atoms with Crippen LogP contribution in [0.5, 0.6) is 0 Å². The Bertz CT molecular complexity index is 215. The molecule has 1 fully saturated rings. The lowest BCUT2D eigenvalue weighted by atomic mass is 9.81. The predicted molar refractivity (Wildman–Crippen MR) is 59.6 cm³/mol. The molecule has 0 amide bonds. The lowest BCUT2D eigenvalue weighted by molar-refractivity contribution is -0.270. The maximum Gasteiger partial charge on any atom is 0.417 e. The van der Waals surface area contributed by atoms with Gasteiger partial charge < -0.3 is 10.4 Å². The number of thioether (sulfide) groups is 1. The first-order valence-electron chi connectivity index (χ1n) is 5.40. The molecule has 0 aliphatic heterocycles. The molecule has 2 N–H and O–H groups in total. The highest BCUT2D eigenvalue weighted by Crippen LogP contribution is 2.41. The van der Waals surface area contributed by atoms with E-state index >= 15 is 0 Å². The van der Waals surface area contributed by atoms with Crippen molar-refractivity contribution in [2.75, 3.05) is 18.6 Å². The zero-order valence-corrected chi connectivity index (χ0v) is 10.1. The number of nitrogens with one attached hydrogen (secondary N) is 1. The number of aliphatic hydroxyl groups is 1. The van der Waals surface area contributed by atoms with Crippen LogP contribution in [0.1, 0.15) is 25.7 Å². The summed E-state index contributed by atoms with van der Waals surface area (Å²) in [7, 11) is 0. The van der Waals surface area contributed by atoms with Crippen LogP contribution in [0.25, 0.3) is 0 Å². The smallest absolute Gasteiger partial charge is 0.380 e. The van der Waals surface area contributed by atoms with E-state index in [2.05, 4.69) is 5.32 Å². The summed E-state index contributed by atoms with van der Waals surface area (Å²) in [5.41, 5.74) is -2.45. The van der Waals surface area contributed by atoms with Gasteiger partial charge in [0.2, 0.25) is 0 Å². The number of alkyl halides is 3. The third-order valence-electron chi connectivity index (χ3n) is 3.08. The quantitative estimate of drug-likeness (QED) is 0.757. The Morgan fingerprint density at radius 1 is 1.38 bits per heavy atom. The summed E-state index contributed by atoms with van der Waals surface area (Å²) in [6.45, 7) is 0.816. The average Bonchev–Trinajstić information content (AvgIpc) is 2.20. The van der Waals surface area contributed by atoms with Gasteiger partial charge in [0.1, 0.15) is 0 Å². The van der Waals surface area contributed by atoms with Crippen molar-refractivity contribution in [2.24, 2.45) is 0 Å². The molecule has 1 aliphatic carbocycles. The SMILES string of the molecule is CSCCNC1CCC(O)(C(F)(F)F)CC1. The molecule has 1 saturated carbocycles. The molecule has 0 radical (unpaired) electrons. The average molecular weight is 257 g/mol. The van der Waals surface area contributed by atoms with Crippen molar-refractivity contribution in [1.82, 2.24) is 5.32 Å². The second-order valence-electron chi connectivity index (χ2n) is 4.25. The Hall–Kier alpha value is 0.0600. The van der Waals surface area contributed by atoms with E-state index in [9.17, 15) is 18.3 Å². The summed E-state index contributed by atoms with van der Waals surface area (Å²) in [5, 5.41) is 12.7. The van der Waals surface area contributed by atoms with E-state index in [1.54, 1.807) is 11.8 Å². The van der Waals surface area contributed by atoms with Gasteiger partial charge in [0.25, 0.3) is 0 Å². The maximum atomic E-state index is 12.5. The summed E-state index contributed by atoms with van der Waals surface area (Å²) < 4.78 is 37.5. The van der Waals surface area contributed by atoms with Gasteiger partial charge in [-0.3, -0.25) is 0 Å². The van der Waals surface area contributed by atoms with Crippen molar-refractivity contribution in [3.63, 3.8) is 0 Å². The third-order valence-corrected chi connectivity index (χ3v) is 3.69. The summed E-state index contributed by atoms with van der Waals surface area (Å²) in [6.07, 6.45) is -2.09. The van der Waals surface area contributed by atoms with E-state index in [-0.39, 0.29) is 18.9 Å². The van der Waals surface area contributed by atoms with E-state index in [1.807, 2.05) is 6.26 Å². The van der Waals surface area contributed by atoms with Crippen molar-refractivity contribution in [2.45, 2.75) is 43.5 Å². The standard InChI is InChI=1S/C10H18F3NOS/c1-16-7-6-14-8-2-4-9(15,5-3-8)10(11,12)13/h8,14-15H,2-7H2,1H3. The topological polar surface area (TPSA) is 32.3 Å². The molecule has 16 heavy (non-hydrogen) atoms. The molecule has 0 spiro atoms. The molecule has 0 aromatic heterocycles. The summed E-state index contributed by atoms with van der Waals surface area (Å²) in [4.78, 5) is 0. The summed E-state index contributed by atoms with van der Waals surface area (Å²) in [5.74, 6) is 0.958. The fourth-order valence-corrected chi connectivity index (χ4v) is 2.27. The van der Waals surface area contributed by atoms with Gasteiger partial charge in [-0.15, -0.1) is 0 Å². The minimum Gasteiger partial charge on any atom is -0.380 e. The molecule has 0 atom stereocenters. The van der Waals surface area contributed by atoms with E-state index in [4.69, 9.17) is 0 Å². The van der Waals surface area contributed by atoms with Crippen LogP contribution < -0.4 is 5.32 Å². The molecule has 6 heteroatoms. The van der Waals surface area contributed by atoms with Crippen LogP contribution in [0, 0.1) is 0 Å². The van der Waals surface area contributed by atoms with E-state index in [0.29, 0.717) is 12.8 Å². The second-order valence-corrected chi connectivity index (χ2v) is 5.24. The van der Waals surface area contributed by atoms with E-state index < -0.39 is 11.8 Å². The molecule has 0 bridgehead atoms. The lowest BCUT2D eigenvalue weighted by Crippen LogP contribution is -2.50. The molecular weight excluding hydrogens is 239 g/mol. The van der Waals surface area contributed by atoms with Crippen LogP contribution in [-0.2, 0) is 0 Å². The highest BCUT2D eigenvalue weighted by molar-refractivity contribution is 7.98. The molecular formula is C10H18F3NOS. The Balaban J connectivity index is 2.33. The first-order chi connectivity index (χ1) is 7.39.